The van der Waals surface area contributed by atoms with Crippen LogP contribution in [0.4, 0.5) is 0 Å². The number of nitrogens with zero attached hydrogens (tertiary/aromatic N) is 6. The summed E-state index contributed by atoms with van der Waals surface area (Å²) in [7, 11) is 3.41. The molecule has 0 bridgehead atoms. The second-order valence-corrected chi connectivity index (χ2v) is 9.37. The van der Waals surface area contributed by atoms with Gasteiger partial charge in [0.05, 0.1) is 26.9 Å². The van der Waals surface area contributed by atoms with E-state index in [1.165, 1.54) is 25.7 Å². The van der Waals surface area contributed by atoms with Crippen molar-refractivity contribution in [1.29, 1.82) is 0 Å². The Balaban J connectivity index is 0.00000274. The molecule has 2 unspecified atom stereocenters. The normalized spacial score (nSPS) is 23.1. The highest BCUT2D eigenvalue weighted by Gasteiger charge is 2.35. The number of benzene rings is 1. The van der Waals surface area contributed by atoms with Gasteiger partial charge in [0.25, 0.3) is 0 Å². The fourth-order valence-corrected chi connectivity index (χ4v) is 5.70. The minimum atomic E-state index is -0.114. The van der Waals surface area contributed by atoms with Crippen molar-refractivity contribution in [3.8, 4) is 11.5 Å². The average molecular weight is 492 g/mol. The molecule has 1 saturated carbocycles. The van der Waals surface area contributed by atoms with Crippen LogP contribution in [0.1, 0.15) is 56.0 Å². The van der Waals surface area contributed by atoms with Gasteiger partial charge in [-0.3, -0.25) is 9.80 Å². The fourth-order valence-electron chi connectivity index (χ4n) is 5.70. The van der Waals surface area contributed by atoms with Gasteiger partial charge in [-0.25, -0.2) is 4.68 Å². The number of rotatable bonds is 8. The van der Waals surface area contributed by atoms with Gasteiger partial charge in [0.15, 0.2) is 5.82 Å². The monoisotopic (exact) mass is 491 g/mol. The van der Waals surface area contributed by atoms with E-state index in [-0.39, 0.29) is 24.6 Å². The van der Waals surface area contributed by atoms with Crippen molar-refractivity contribution in [2.45, 2.75) is 63.3 Å². The minimum absolute atomic E-state index is 0. The van der Waals surface area contributed by atoms with E-state index in [9.17, 15) is 0 Å². The van der Waals surface area contributed by atoms with Crippen LogP contribution in [-0.4, -0.2) is 89.2 Å². The number of methoxy groups -OCH3 is 2. The van der Waals surface area contributed by atoms with Crippen LogP contribution in [0.15, 0.2) is 18.2 Å². The van der Waals surface area contributed by atoms with Crippen molar-refractivity contribution in [1.82, 2.24) is 30.0 Å². The van der Waals surface area contributed by atoms with E-state index < -0.39 is 0 Å². The summed E-state index contributed by atoms with van der Waals surface area (Å²) < 4.78 is 19.2. The number of hydrogen-bond acceptors (Lipinski definition) is 8. The summed E-state index contributed by atoms with van der Waals surface area (Å²) >= 11 is 0. The van der Waals surface area contributed by atoms with Gasteiger partial charge in [0.1, 0.15) is 17.5 Å². The van der Waals surface area contributed by atoms with E-state index in [1.54, 1.807) is 14.2 Å². The van der Waals surface area contributed by atoms with Crippen molar-refractivity contribution in [2.75, 3.05) is 47.0 Å². The van der Waals surface area contributed by atoms with E-state index in [0.29, 0.717) is 6.54 Å². The van der Waals surface area contributed by atoms with Crippen LogP contribution in [0.25, 0.3) is 0 Å². The highest BCUT2D eigenvalue weighted by atomic mass is 35.5. The van der Waals surface area contributed by atoms with Gasteiger partial charge in [0, 0.05) is 44.4 Å². The topological polar surface area (TPSA) is 77.8 Å². The highest BCUT2D eigenvalue weighted by Crippen LogP contribution is 2.37. The number of tetrazole rings is 1. The molecule has 188 valence electrons. The summed E-state index contributed by atoms with van der Waals surface area (Å²) in [6.07, 6.45) is 7.73. The molecule has 1 aliphatic carbocycles. The third-order valence-corrected chi connectivity index (χ3v) is 7.49. The highest BCUT2D eigenvalue weighted by molar-refractivity contribution is 5.44. The molecule has 5 rings (SSSR count). The first-order chi connectivity index (χ1) is 16.3. The van der Waals surface area contributed by atoms with Crippen molar-refractivity contribution in [2.24, 2.45) is 0 Å². The van der Waals surface area contributed by atoms with Crippen LogP contribution in [0.5, 0.6) is 11.5 Å². The third-order valence-electron chi connectivity index (χ3n) is 7.49. The summed E-state index contributed by atoms with van der Waals surface area (Å²) in [5, 5.41) is 13.0. The van der Waals surface area contributed by atoms with Crippen LogP contribution in [-0.2, 0) is 11.3 Å². The third kappa shape index (κ3) is 5.32. The first-order valence-electron chi connectivity index (χ1n) is 12.3. The first kappa shape index (κ1) is 25.2. The number of halogens is 1. The van der Waals surface area contributed by atoms with Crippen LogP contribution < -0.4 is 21.9 Å². The standard InChI is InChI=1S/C24H36N6O3.ClH/c1-31-19-9-10-22(32-2)21(16-19)23(24-25-26-27-30(24)17-20-8-5-15-33-20)29-13-11-28(12-14-29)18-6-3-4-7-18;/h9-10,16,18,20,23H,3-8,11-15,17H2,1-2H3;1H/p-1. The largest absolute Gasteiger partial charge is 1.00 e. The summed E-state index contributed by atoms with van der Waals surface area (Å²) in [5.41, 5.74) is 1.04. The van der Waals surface area contributed by atoms with Gasteiger partial charge < -0.3 is 26.6 Å². The Morgan fingerprint density at radius 3 is 2.50 bits per heavy atom. The molecule has 2 aliphatic heterocycles. The van der Waals surface area contributed by atoms with Crippen LogP contribution in [0, 0.1) is 0 Å². The number of piperazine rings is 1. The molecule has 0 radical (unpaired) electrons. The number of hydrogen-bond donors (Lipinski definition) is 0. The maximum Gasteiger partial charge on any atom is 0.173 e. The van der Waals surface area contributed by atoms with Crippen LogP contribution >= 0.6 is 0 Å². The van der Waals surface area contributed by atoms with E-state index in [2.05, 4.69) is 31.4 Å². The zero-order valence-electron chi connectivity index (χ0n) is 20.2. The molecular formula is C24H36ClN6O3-. The van der Waals surface area contributed by atoms with Gasteiger partial charge in [-0.05, 0) is 54.3 Å². The van der Waals surface area contributed by atoms with Gasteiger partial charge >= 0.3 is 0 Å². The molecule has 0 amide bonds. The molecule has 1 aromatic carbocycles. The quantitative estimate of drug-likeness (QED) is 0.490. The lowest BCUT2D eigenvalue weighted by molar-refractivity contribution is -0.00000922. The van der Waals surface area contributed by atoms with Crippen molar-refractivity contribution in [3.63, 3.8) is 0 Å². The Bertz CT molecular complexity index is 908. The Kier molecular flexibility index (Phi) is 8.63. The summed E-state index contributed by atoms with van der Waals surface area (Å²) in [4.78, 5) is 5.18. The first-order valence-corrected chi connectivity index (χ1v) is 12.3. The van der Waals surface area contributed by atoms with Crippen LogP contribution in [0.2, 0.25) is 0 Å². The summed E-state index contributed by atoms with van der Waals surface area (Å²) in [6, 6.07) is 6.62. The number of ether oxygens (including phenoxy) is 3. The molecule has 3 heterocycles. The maximum absolute atomic E-state index is 5.88. The second kappa shape index (κ2) is 11.7. The zero-order valence-corrected chi connectivity index (χ0v) is 21.0. The van der Waals surface area contributed by atoms with E-state index in [4.69, 9.17) is 14.2 Å². The van der Waals surface area contributed by atoms with Gasteiger partial charge in [-0.2, -0.15) is 0 Å². The molecule has 2 aromatic rings. The molecule has 0 spiro atoms. The summed E-state index contributed by atoms with van der Waals surface area (Å²) in [6.45, 7) is 5.57. The predicted molar refractivity (Wildman–Crippen MR) is 124 cm³/mol. The minimum Gasteiger partial charge on any atom is -1.00 e. The molecule has 3 fully saturated rings. The molecule has 2 atom stereocenters. The van der Waals surface area contributed by atoms with Crippen LogP contribution in [0.3, 0.4) is 0 Å². The molecule has 2 saturated heterocycles. The van der Waals surface area contributed by atoms with Gasteiger partial charge in [-0.15, -0.1) is 5.10 Å². The lowest BCUT2D eigenvalue weighted by Crippen LogP contribution is -3.00. The SMILES string of the molecule is COc1ccc(OC)c(C(c2nnnn2CC2CCCO2)N2CCN(C3CCCC3)CC2)c1.[Cl-]. The smallest absolute Gasteiger partial charge is 0.173 e. The number of aromatic nitrogens is 4. The summed E-state index contributed by atoms with van der Waals surface area (Å²) in [5.74, 6) is 2.47. The van der Waals surface area contributed by atoms with Gasteiger partial charge in [-0.1, -0.05) is 12.8 Å². The lowest BCUT2D eigenvalue weighted by Gasteiger charge is -2.41. The van der Waals surface area contributed by atoms with E-state index >= 15 is 0 Å². The lowest BCUT2D eigenvalue weighted by atomic mass is 10.0. The molecular weight excluding hydrogens is 456 g/mol. The molecule has 10 heteroatoms. The Labute approximate surface area is 208 Å². The average Bonchev–Trinajstić information content (AvgIpc) is 3.64. The van der Waals surface area contributed by atoms with Crippen molar-refractivity contribution in [3.05, 3.63) is 29.6 Å². The molecule has 1 aromatic heterocycles. The second-order valence-electron chi connectivity index (χ2n) is 9.37. The molecule has 34 heavy (non-hydrogen) atoms. The molecule has 3 aliphatic rings. The van der Waals surface area contributed by atoms with E-state index in [1.807, 2.05) is 16.8 Å². The Morgan fingerprint density at radius 1 is 1.03 bits per heavy atom. The van der Waals surface area contributed by atoms with Gasteiger partial charge in [0.2, 0.25) is 0 Å². The predicted octanol–water partition coefficient (Wildman–Crippen LogP) is -0.477. The Morgan fingerprint density at radius 2 is 1.82 bits per heavy atom. The Hall–Kier alpha value is -1.94. The van der Waals surface area contributed by atoms with Crippen molar-refractivity contribution >= 4 is 0 Å². The zero-order chi connectivity index (χ0) is 22.6. The van der Waals surface area contributed by atoms with E-state index in [0.717, 1.165) is 74.6 Å². The van der Waals surface area contributed by atoms with Crippen molar-refractivity contribution < 1.29 is 26.6 Å². The molecule has 9 nitrogen and oxygen atoms in total. The fraction of sp³-hybridized carbons (Fsp3) is 0.708. The maximum atomic E-state index is 5.88. The molecule has 0 N–H and O–H groups in total.